The molecule has 0 saturated heterocycles. The molecule has 0 aromatic heterocycles. The van der Waals surface area contributed by atoms with Crippen molar-refractivity contribution >= 4 is 17.8 Å². The summed E-state index contributed by atoms with van der Waals surface area (Å²) in [5.41, 5.74) is 0.188. The zero-order valence-electron chi connectivity index (χ0n) is 11.4. The van der Waals surface area contributed by atoms with E-state index in [1.807, 2.05) is 0 Å². The van der Waals surface area contributed by atoms with Crippen LogP contribution in [0.15, 0.2) is 11.1 Å². The van der Waals surface area contributed by atoms with Crippen LogP contribution in [0.1, 0.15) is 20.8 Å². The van der Waals surface area contributed by atoms with Gasteiger partial charge in [0.1, 0.15) is 0 Å². The van der Waals surface area contributed by atoms with Gasteiger partial charge in [0.25, 0.3) is 0 Å². The van der Waals surface area contributed by atoms with E-state index in [-0.39, 0.29) is 35.4 Å². The second-order valence-corrected chi connectivity index (χ2v) is 4.26. The normalized spacial score (nSPS) is 13.4. The number of amides is 2. The third-order valence-electron chi connectivity index (χ3n) is 2.79. The van der Waals surface area contributed by atoms with Crippen molar-refractivity contribution in [2.75, 3.05) is 20.6 Å². The van der Waals surface area contributed by atoms with E-state index < -0.39 is 5.97 Å². The van der Waals surface area contributed by atoms with E-state index >= 15 is 0 Å². The molecule has 18 heavy (non-hydrogen) atoms. The summed E-state index contributed by atoms with van der Waals surface area (Å²) in [4.78, 5) is 35.3. The van der Waals surface area contributed by atoms with E-state index in [2.05, 4.69) is 5.32 Å². The number of carboxylic acids is 1. The van der Waals surface area contributed by atoms with Crippen LogP contribution in [-0.4, -0.2) is 48.4 Å². The summed E-state index contributed by atoms with van der Waals surface area (Å²) in [7, 11) is 3.07. The number of aliphatic carboxylic acids is 1. The van der Waals surface area contributed by atoms with Gasteiger partial charge in [0.2, 0.25) is 11.8 Å². The molecule has 0 aliphatic carbocycles. The largest absolute Gasteiger partial charge is 0.478 e. The Balaban J connectivity index is 4.77. The quantitative estimate of drug-likeness (QED) is 0.690. The van der Waals surface area contributed by atoms with Crippen molar-refractivity contribution in [3.63, 3.8) is 0 Å². The van der Waals surface area contributed by atoms with Crippen LogP contribution < -0.4 is 5.32 Å². The molecule has 0 fully saturated rings. The van der Waals surface area contributed by atoms with Gasteiger partial charge >= 0.3 is 5.97 Å². The van der Waals surface area contributed by atoms with Gasteiger partial charge in [-0.1, -0.05) is 6.92 Å². The Morgan fingerprint density at radius 3 is 2.11 bits per heavy atom. The summed E-state index contributed by atoms with van der Waals surface area (Å²) in [5, 5.41) is 11.3. The van der Waals surface area contributed by atoms with Gasteiger partial charge in [-0.15, -0.1) is 0 Å². The van der Waals surface area contributed by atoms with Crippen LogP contribution in [0.3, 0.4) is 0 Å². The van der Waals surface area contributed by atoms with E-state index in [1.165, 1.54) is 25.8 Å². The van der Waals surface area contributed by atoms with E-state index in [4.69, 9.17) is 5.11 Å². The smallest absolute Gasteiger partial charge is 0.331 e. The number of carboxylic acid groups (broad SMARTS) is 1. The van der Waals surface area contributed by atoms with Crippen molar-refractivity contribution in [1.82, 2.24) is 10.2 Å². The van der Waals surface area contributed by atoms with Gasteiger partial charge in [-0.25, -0.2) is 4.79 Å². The monoisotopic (exact) mass is 256 g/mol. The number of hydrogen-bond acceptors (Lipinski definition) is 3. The van der Waals surface area contributed by atoms with Crippen molar-refractivity contribution in [2.45, 2.75) is 20.8 Å². The van der Waals surface area contributed by atoms with Gasteiger partial charge in [0.15, 0.2) is 0 Å². The van der Waals surface area contributed by atoms with Crippen molar-refractivity contribution in [3.05, 3.63) is 11.1 Å². The molecule has 0 aliphatic heterocycles. The van der Waals surface area contributed by atoms with Crippen molar-refractivity contribution < 1.29 is 19.5 Å². The fraction of sp³-hybridized carbons (Fsp3) is 0.583. The molecular formula is C12H20N2O4. The van der Waals surface area contributed by atoms with E-state index in [9.17, 15) is 14.4 Å². The van der Waals surface area contributed by atoms with Gasteiger partial charge in [-0.2, -0.15) is 0 Å². The van der Waals surface area contributed by atoms with Crippen molar-refractivity contribution in [1.29, 1.82) is 0 Å². The predicted octanol–water partition coefficient (Wildman–Crippen LogP) is 0.248. The fourth-order valence-corrected chi connectivity index (χ4v) is 1.43. The van der Waals surface area contributed by atoms with Crippen LogP contribution in [-0.2, 0) is 14.4 Å². The zero-order valence-corrected chi connectivity index (χ0v) is 11.4. The molecule has 1 atom stereocenters. The molecule has 0 aromatic carbocycles. The molecule has 6 heteroatoms. The molecule has 0 spiro atoms. The Bertz CT molecular complexity index is 388. The lowest BCUT2D eigenvalue weighted by Gasteiger charge is -2.21. The number of carbonyl (C=O) groups excluding carboxylic acids is 2. The maximum absolute atomic E-state index is 11.9. The first-order valence-corrected chi connectivity index (χ1v) is 5.60. The minimum absolute atomic E-state index is 0.0134. The SMILES string of the molecule is CNC(=O)C(C)CN(C)C(=O)C(C)=C(C)C(=O)O. The topological polar surface area (TPSA) is 86.7 Å². The standard InChI is InChI=1S/C12H20N2O4/c1-7(10(15)13-4)6-14(5)11(16)8(2)9(3)12(17)18/h7H,6H2,1-5H3,(H,13,15)(H,17,18). The Morgan fingerprint density at radius 1 is 1.22 bits per heavy atom. The molecule has 0 bridgehead atoms. The average molecular weight is 256 g/mol. The Labute approximate surface area is 107 Å². The number of carbonyl (C=O) groups is 3. The molecule has 0 aromatic rings. The van der Waals surface area contributed by atoms with E-state index in [0.717, 1.165) is 0 Å². The second-order valence-electron chi connectivity index (χ2n) is 4.26. The highest BCUT2D eigenvalue weighted by molar-refractivity contribution is 6.01. The Morgan fingerprint density at radius 2 is 1.72 bits per heavy atom. The van der Waals surface area contributed by atoms with Crippen LogP contribution in [0.2, 0.25) is 0 Å². The molecule has 2 amide bonds. The molecule has 0 aliphatic rings. The molecule has 0 radical (unpaired) electrons. The lowest BCUT2D eigenvalue weighted by atomic mass is 10.1. The molecule has 2 N–H and O–H groups in total. The summed E-state index contributed by atoms with van der Waals surface area (Å²) in [5.74, 6) is -2.01. The van der Waals surface area contributed by atoms with Gasteiger partial charge in [0, 0.05) is 31.8 Å². The third kappa shape index (κ3) is 4.20. The highest BCUT2D eigenvalue weighted by Gasteiger charge is 2.20. The molecule has 1 unspecified atom stereocenters. The first-order valence-electron chi connectivity index (χ1n) is 5.60. The Hall–Kier alpha value is -1.85. The number of nitrogens with one attached hydrogen (secondary N) is 1. The molecular weight excluding hydrogens is 236 g/mol. The summed E-state index contributed by atoms with van der Waals surface area (Å²) in [6.07, 6.45) is 0. The molecule has 0 heterocycles. The van der Waals surface area contributed by atoms with Crippen LogP contribution in [0, 0.1) is 5.92 Å². The highest BCUT2D eigenvalue weighted by atomic mass is 16.4. The minimum Gasteiger partial charge on any atom is -0.478 e. The van der Waals surface area contributed by atoms with Crippen LogP contribution in [0.25, 0.3) is 0 Å². The van der Waals surface area contributed by atoms with Crippen LogP contribution in [0.4, 0.5) is 0 Å². The maximum atomic E-state index is 11.9. The summed E-state index contributed by atoms with van der Waals surface area (Å²) in [6, 6.07) is 0. The third-order valence-corrected chi connectivity index (χ3v) is 2.79. The Kier molecular flexibility index (Phi) is 6.08. The lowest BCUT2D eigenvalue weighted by molar-refractivity contribution is -0.134. The molecule has 0 rings (SSSR count). The number of nitrogens with zero attached hydrogens (tertiary/aromatic N) is 1. The summed E-state index contributed by atoms with van der Waals surface area (Å²) >= 11 is 0. The predicted molar refractivity (Wildman–Crippen MR) is 66.9 cm³/mol. The lowest BCUT2D eigenvalue weighted by Crippen LogP contribution is -2.38. The zero-order chi connectivity index (χ0) is 14.5. The second kappa shape index (κ2) is 6.78. The number of hydrogen-bond donors (Lipinski definition) is 2. The van der Waals surface area contributed by atoms with Gasteiger partial charge in [-0.3, -0.25) is 9.59 Å². The van der Waals surface area contributed by atoms with E-state index in [0.29, 0.717) is 0 Å². The molecule has 102 valence electrons. The number of rotatable bonds is 5. The molecule has 0 saturated carbocycles. The van der Waals surface area contributed by atoms with E-state index in [1.54, 1.807) is 14.0 Å². The van der Waals surface area contributed by atoms with Crippen molar-refractivity contribution in [3.8, 4) is 0 Å². The fourth-order valence-electron chi connectivity index (χ4n) is 1.43. The van der Waals surface area contributed by atoms with Gasteiger partial charge in [-0.05, 0) is 13.8 Å². The maximum Gasteiger partial charge on any atom is 0.331 e. The van der Waals surface area contributed by atoms with Crippen LogP contribution >= 0.6 is 0 Å². The average Bonchev–Trinajstić information content (AvgIpc) is 2.34. The highest BCUT2D eigenvalue weighted by Crippen LogP contribution is 2.09. The van der Waals surface area contributed by atoms with Crippen LogP contribution in [0.5, 0.6) is 0 Å². The minimum atomic E-state index is -1.12. The summed E-state index contributed by atoms with van der Waals surface area (Å²) in [6.45, 7) is 4.78. The van der Waals surface area contributed by atoms with Gasteiger partial charge in [0.05, 0.1) is 5.92 Å². The first kappa shape index (κ1) is 16.1. The number of likely N-dealkylation sites (N-methyl/N-ethyl adjacent to an activating group) is 1. The van der Waals surface area contributed by atoms with Crippen molar-refractivity contribution in [2.24, 2.45) is 5.92 Å². The molecule has 6 nitrogen and oxygen atoms in total. The summed E-state index contributed by atoms with van der Waals surface area (Å²) < 4.78 is 0. The first-order chi connectivity index (χ1) is 8.22. The van der Waals surface area contributed by atoms with Gasteiger partial charge < -0.3 is 15.3 Å².